The third-order valence-corrected chi connectivity index (χ3v) is 4.75. The first kappa shape index (κ1) is 15.0. The number of carbonyl (C=O) groups is 1. The van der Waals surface area contributed by atoms with Gasteiger partial charge in [0.05, 0.1) is 18.8 Å². The number of benzene rings is 1. The Balaban J connectivity index is 1.82. The Bertz CT molecular complexity index is 678. The highest BCUT2D eigenvalue weighted by Gasteiger charge is 2.15. The van der Waals surface area contributed by atoms with Crippen LogP contribution in [-0.4, -0.2) is 37.1 Å². The number of primary amides is 1. The summed E-state index contributed by atoms with van der Waals surface area (Å²) >= 11 is 1.48. The van der Waals surface area contributed by atoms with Gasteiger partial charge in [0.2, 0.25) is 5.91 Å². The molecule has 1 aliphatic rings. The van der Waals surface area contributed by atoms with E-state index in [-0.39, 0.29) is 0 Å². The highest BCUT2D eigenvalue weighted by atomic mass is 32.1. The summed E-state index contributed by atoms with van der Waals surface area (Å²) in [6, 6.07) is 7.76. The zero-order valence-corrected chi connectivity index (χ0v) is 13.1. The van der Waals surface area contributed by atoms with Gasteiger partial charge in [0.1, 0.15) is 0 Å². The van der Waals surface area contributed by atoms with Crippen molar-refractivity contribution < 1.29 is 9.53 Å². The lowest BCUT2D eigenvalue weighted by Gasteiger charge is -2.26. The topological polar surface area (TPSA) is 81.6 Å². The molecule has 0 saturated carbocycles. The third kappa shape index (κ3) is 3.14. The van der Waals surface area contributed by atoms with Gasteiger partial charge in [-0.15, -0.1) is 11.3 Å². The number of anilines is 1. The van der Waals surface area contributed by atoms with Gasteiger partial charge in [-0.05, 0) is 23.1 Å². The Hall–Kier alpha value is -1.89. The summed E-state index contributed by atoms with van der Waals surface area (Å²) in [5, 5.41) is 1.86. The van der Waals surface area contributed by atoms with E-state index in [0.29, 0.717) is 11.3 Å². The maximum Gasteiger partial charge on any atom is 0.250 e. The number of ether oxygens (including phenoxy) is 1. The monoisotopic (exact) mass is 317 g/mol. The molecule has 0 radical (unpaired) electrons. The molecule has 116 valence electrons. The van der Waals surface area contributed by atoms with Crippen LogP contribution in [0.5, 0.6) is 0 Å². The van der Waals surface area contributed by atoms with Gasteiger partial charge in [-0.25, -0.2) is 0 Å². The highest BCUT2D eigenvalue weighted by molar-refractivity contribution is 7.14. The van der Waals surface area contributed by atoms with Gasteiger partial charge < -0.3 is 16.2 Å². The molecule has 2 heterocycles. The van der Waals surface area contributed by atoms with E-state index in [4.69, 9.17) is 16.2 Å². The second-order valence-corrected chi connectivity index (χ2v) is 6.25. The molecule has 1 amide bonds. The average Bonchev–Trinajstić information content (AvgIpc) is 2.98. The zero-order chi connectivity index (χ0) is 15.5. The maximum absolute atomic E-state index is 11.5. The Kier molecular flexibility index (Phi) is 4.42. The summed E-state index contributed by atoms with van der Waals surface area (Å²) in [6.45, 7) is 4.31. The standard InChI is InChI=1S/C16H19N3O2S/c17-14-9-11(10-19-4-6-21-7-5-19)1-2-12(14)15-13(16(18)20)3-8-22-15/h1-3,8-9H,4-7,10,17H2,(H2,18,20). The number of thiophene rings is 1. The van der Waals surface area contributed by atoms with Gasteiger partial charge in [-0.1, -0.05) is 12.1 Å². The lowest BCUT2D eigenvalue weighted by molar-refractivity contribution is 0.0342. The summed E-state index contributed by atoms with van der Waals surface area (Å²) in [6.07, 6.45) is 0. The van der Waals surface area contributed by atoms with Crippen molar-refractivity contribution in [2.75, 3.05) is 32.0 Å². The molecular formula is C16H19N3O2S. The van der Waals surface area contributed by atoms with Crippen molar-refractivity contribution in [1.82, 2.24) is 4.90 Å². The molecule has 3 rings (SSSR count). The van der Waals surface area contributed by atoms with Gasteiger partial charge in [0, 0.05) is 35.8 Å². The summed E-state index contributed by atoms with van der Waals surface area (Å²) in [7, 11) is 0. The van der Waals surface area contributed by atoms with Crippen molar-refractivity contribution in [3.63, 3.8) is 0 Å². The van der Waals surface area contributed by atoms with Crippen molar-refractivity contribution in [3.8, 4) is 10.4 Å². The number of hydrogen-bond acceptors (Lipinski definition) is 5. The molecule has 0 atom stereocenters. The average molecular weight is 317 g/mol. The molecule has 0 bridgehead atoms. The molecule has 0 spiro atoms. The summed E-state index contributed by atoms with van der Waals surface area (Å²) < 4.78 is 5.36. The lowest BCUT2D eigenvalue weighted by atomic mass is 10.0. The predicted molar refractivity (Wildman–Crippen MR) is 88.8 cm³/mol. The first-order valence-corrected chi connectivity index (χ1v) is 8.09. The largest absolute Gasteiger partial charge is 0.398 e. The number of rotatable bonds is 4. The molecule has 22 heavy (non-hydrogen) atoms. The number of nitrogens with two attached hydrogens (primary N) is 2. The Morgan fingerprint density at radius 3 is 2.73 bits per heavy atom. The van der Waals surface area contributed by atoms with Crippen LogP contribution in [0.3, 0.4) is 0 Å². The van der Waals surface area contributed by atoms with Crippen LogP contribution in [0.15, 0.2) is 29.6 Å². The Labute approximate surface area is 133 Å². The second kappa shape index (κ2) is 6.48. The smallest absolute Gasteiger partial charge is 0.250 e. The molecule has 4 N–H and O–H groups in total. The summed E-state index contributed by atoms with van der Waals surface area (Å²) in [4.78, 5) is 14.6. The fourth-order valence-corrected chi connectivity index (χ4v) is 3.60. The fraction of sp³-hybridized carbons (Fsp3) is 0.312. The highest BCUT2D eigenvalue weighted by Crippen LogP contribution is 2.34. The van der Waals surface area contributed by atoms with Crippen molar-refractivity contribution >= 4 is 22.9 Å². The van der Waals surface area contributed by atoms with Crippen molar-refractivity contribution in [1.29, 1.82) is 0 Å². The van der Waals surface area contributed by atoms with Crippen molar-refractivity contribution in [3.05, 3.63) is 40.8 Å². The first-order chi connectivity index (χ1) is 10.6. The van der Waals surface area contributed by atoms with Gasteiger partial charge in [-0.3, -0.25) is 9.69 Å². The minimum atomic E-state index is -0.423. The number of nitrogen functional groups attached to an aromatic ring is 1. The molecule has 6 heteroatoms. The van der Waals surface area contributed by atoms with Gasteiger partial charge in [0.25, 0.3) is 0 Å². The number of hydrogen-bond donors (Lipinski definition) is 2. The van der Waals surface area contributed by atoms with Crippen LogP contribution < -0.4 is 11.5 Å². The maximum atomic E-state index is 11.5. The van der Waals surface area contributed by atoms with Crippen LogP contribution in [0.2, 0.25) is 0 Å². The van der Waals surface area contributed by atoms with E-state index in [1.54, 1.807) is 6.07 Å². The van der Waals surface area contributed by atoms with E-state index in [2.05, 4.69) is 11.0 Å². The molecule has 1 aromatic heterocycles. The number of morpholine rings is 1. The van der Waals surface area contributed by atoms with E-state index in [9.17, 15) is 4.79 Å². The minimum Gasteiger partial charge on any atom is -0.398 e. The molecule has 1 saturated heterocycles. The van der Waals surface area contributed by atoms with E-state index in [1.165, 1.54) is 16.9 Å². The van der Waals surface area contributed by atoms with Crippen LogP contribution in [0.4, 0.5) is 5.69 Å². The molecule has 1 aliphatic heterocycles. The third-order valence-electron chi connectivity index (χ3n) is 3.80. The zero-order valence-electron chi connectivity index (χ0n) is 12.2. The van der Waals surface area contributed by atoms with Gasteiger partial charge >= 0.3 is 0 Å². The van der Waals surface area contributed by atoms with Crippen LogP contribution >= 0.6 is 11.3 Å². The fourth-order valence-electron chi connectivity index (χ4n) is 2.65. The quantitative estimate of drug-likeness (QED) is 0.844. The molecule has 5 nitrogen and oxygen atoms in total. The molecule has 2 aromatic rings. The lowest BCUT2D eigenvalue weighted by Crippen LogP contribution is -2.35. The van der Waals surface area contributed by atoms with Crippen LogP contribution in [0, 0.1) is 0 Å². The summed E-state index contributed by atoms with van der Waals surface area (Å²) in [5.74, 6) is -0.423. The van der Waals surface area contributed by atoms with Crippen LogP contribution in [0.1, 0.15) is 15.9 Å². The Morgan fingerprint density at radius 1 is 1.27 bits per heavy atom. The van der Waals surface area contributed by atoms with E-state index in [0.717, 1.165) is 43.3 Å². The molecule has 1 fully saturated rings. The van der Waals surface area contributed by atoms with E-state index < -0.39 is 5.91 Å². The number of amides is 1. The molecule has 0 aliphatic carbocycles. The van der Waals surface area contributed by atoms with E-state index in [1.807, 2.05) is 17.5 Å². The van der Waals surface area contributed by atoms with Crippen LogP contribution in [-0.2, 0) is 11.3 Å². The SMILES string of the molecule is NC(=O)c1ccsc1-c1ccc(CN2CCOCC2)cc1N. The van der Waals surface area contributed by atoms with Crippen molar-refractivity contribution in [2.24, 2.45) is 5.73 Å². The summed E-state index contributed by atoms with van der Waals surface area (Å²) in [5.41, 5.74) is 14.8. The molecular weight excluding hydrogens is 298 g/mol. The van der Waals surface area contributed by atoms with E-state index >= 15 is 0 Å². The van der Waals surface area contributed by atoms with Crippen LogP contribution in [0.25, 0.3) is 10.4 Å². The van der Waals surface area contributed by atoms with Gasteiger partial charge in [-0.2, -0.15) is 0 Å². The number of carbonyl (C=O) groups excluding carboxylic acids is 1. The molecule has 0 unspecified atom stereocenters. The van der Waals surface area contributed by atoms with Gasteiger partial charge in [0.15, 0.2) is 0 Å². The first-order valence-electron chi connectivity index (χ1n) is 7.21. The minimum absolute atomic E-state index is 0.423. The predicted octanol–water partition coefficient (Wildman–Crippen LogP) is 1.93. The second-order valence-electron chi connectivity index (χ2n) is 5.34. The normalized spacial score (nSPS) is 15.8. The molecule has 1 aromatic carbocycles. The Morgan fingerprint density at radius 2 is 2.05 bits per heavy atom. The number of nitrogens with zero attached hydrogens (tertiary/aromatic N) is 1. The van der Waals surface area contributed by atoms with Crippen molar-refractivity contribution in [2.45, 2.75) is 6.54 Å².